The van der Waals surface area contributed by atoms with Crippen molar-refractivity contribution in [2.45, 2.75) is 30.5 Å². The van der Waals surface area contributed by atoms with Gasteiger partial charge in [-0.25, -0.2) is 0 Å². The molecule has 3 atom stereocenters. The molecule has 26 heavy (non-hydrogen) atoms. The molecule has 0 saturated carbocycles. The van der Waals surface area contributed by atoms with Crippen LogP contribution in [0.25, 0.3) is 5.57 Å². The minimum Gasteiger partial charge on any atom is -0.327 e. The second-order valence-corrected chi connectivity index (χ2v) is 8.06. The average Bonchev–Trinajstić information content (AvgIpc) is 3.13. The van der Waals surface area contributed by atoms with Gasteiger partial charge in [0.05, 0.1) is 6.04 Å². The van der Waals surface area contributed by atoms with E-state index >= 15 is 0 Å². The molecule has 5 rings (SSSR count). The lowest BCUT2D eigenvalue weighted by Gasteiger charge is -2.42. The Morgan fingerprint density at radius 3 is 2.62 bits per heavy atom. The third-order valence-electron chi connectivity index (χ3n) is 5.49. The summed E-state index contributed by atoms with van der Waals surface area (Å²) >= 11 is 1.62. The minimum absolute atomic E-state index is 0.0540. The summed E-state index contributed by atoms with van der Waals surface area (Å²) in [5.41, 5.74) is 5.19. The van der Waals surface area contributed by atoms with Crippen molar-refractivity contribution in [1.82, 2.24) is 15.5 Å². The van der Waals surface area contributed by atoms with Gasteiger partial charge in [0.15, 0.2) is 0 Å². The van der Waals surface area contributed by atoms with E-state index in [1.165, 1.54) is 22.3 Å². The largest absolute Gasteiger partial charge is 0.327 e. The number of hydrogen-bond donors (Lipinski definition) is 2. The lowest BCUT2D eigenvalue weighted by Crippen LogP contribution is -2.68. The maximum absolute atomic E-state index is 12.7. The molecule has 0 aliphatic carbocycles. The van der Waals surface area contributed by atoms with E-state index in [1.54, 1.807) is 11.8 Å². The van der Waals surface area contributed by atoms with Gasteiger partial charge in [0.25, 0.3) is 0 Å². The van der Waals surface area contributed by atoms with Crippen LogP contribution in [0.2, 0.25) is 0 Å². The summed E-state index contributed by atoms with van der Waals surface area (Å²) in [5, 5.41) is 8.94. The SMILES string of the molecule is O=C1NC(N2CCc3ccccc3C2)NC2C(c3ccccc3)=CSC12. The van der Waals surface area contributed by atoms with E-state index in [-0.39, 0.29) is 23.5 Å². The molecule has 1 saturated heterocycles. The quantitative estimate of drug-likeness (QED) is 0.861. The van der Waals surface area contributed by atoms with Gasteiger partial charge in [-0.1, -0.05) is 54.6 Å². The Labute approximate surface area is 157 Å². The van der Waals surface area contributed by atoms with Crippen molar-refractivity contribution in [2.75, 3.05) is 6.54 Å². The second-order valence-electron chi connectivity index (χ2n) is 7.04. The lowest BCUT2D eigenvalue weighted by molar-refractivity contribution is -0.125. The van der Waals surface area contributed by atoms with Gasteiger partial charge in [0.2, 0.25) is 5.91 Å². The monoisotopic (exact) mass is 363 g/mol. The standard InChI is InChI=1S/C21H21N3OS/c25-20-19-18(17(13-26-19)15-7-2-1-3-8-15)22-21(23-20)24-11-10-14-6-4-5-9-16(14)12-24/h1-9,13,18-19,21-22H,10-12H2,(H,23,25). The summed E-state index contributed by atoms with van der Waals surface area (Å²) in [5.74, 6) is 0.129. The molecular weight excluding hydrogens is 342 g/mol. The Morgan fingerprint density at radius 2 is 1.77 bits per heavy atom. The highest BCUT2D eigenvalue weighted by atomic mass is 32.2. The fourth-order valence-electron chi connectivity index (χ4n) is 4.09. The fraction of sp³-hybridized carbons (Fsp3) is 0.286. The average molecular weight is 363 g/mol. The Kier molecular flexibility index (Phi) is 4.08. The molecule has 3 heterocycles. The Morgan fingerprint density at radius 1 is 1.00 bits per heavy atom. The molecule has 0 aromatic heterocycles. The molecule has 3 unspecified atom stereocenters. The number of fused-ring (bicyclic) bond motifs is 2. The molecule has 0 spiro atoms. The highest BCUT2D eigenvalue weighted by Gasteiger charge is 2.43. The third kappa shape index (κ3) is 2.76. The van der Waals surface area contributed by atoms with Crippen molar-refractivity contribution in [3.8, 4) is 0 Å². The summed E-state index contributed by atoms with van der Waals surface area (Å²) in [6.07, 6.45) is 0.900. The van der Waals surface area contributed by atoms with Gasteiger partial charge in [-0.15, -0.1) is 11.8 Å². The molecule has 1 amide bonds. The van der Waals surface area contributed by atoms with Crippen LogP contribution in [0.4, 0.5) is 0 Å². The van der Waals surface area contributed by atoms with Crippen LogP contribution in [-0.2, 0) is 17.8 Å². The van der Waals surface area contributed by atoms with Crippen molar-refractivity contribution < 1.29 is 4.79 Å². The fourth-order valence-corrected chi connectivity index (χ4v) is 5.24. The van der Waals surface area contributed by atoms with Gasteiger partial charge in [-0.05, 0) is 34.1 Å². The van der Waals surface area contributed by atoms with E-state index in [4.69, 9.17) is 0 Å². The smallest absolute Gasteiger partial charge is 0.237 e. The van der Waals surface area contributed by atoms with E-state index in [1.807, 2.05) is 6.07 Å². The second kappa shape index (κ2) is 6.58. The van der Waals surface area contributed by atoms with E-state index in [2.05, 4.69) is 69.5 Å². The number of amides is 1. The predicted octanol–water partition coefficient (Wildman–Crippen LogP) is 2.57. The molecule has 2 N–H and O–H groups in total. The van der Waals surface area contributed by atoms with E-state index in [9.17, 15) is 4.79 Å². The van der Waals surface area contributed by atoms with Crippen LogP contribution in [0.15, 0.2) is 60.0 Å². The Bertz CT molecular complexity index is 867. The number of benzene rings is 2. The van der Waals surface area contributed by atoms with Crippen molar-refractivity contribution >= 4 is 23.2 Å². The zero-order valence-electron chi connectivity index (χ0n) is 14.4. The number of carbonyl (C=O) groups is 1. The van der Waals surface area contributed by atoms with Crippen molar-refractivity contribution in [2.24, 2.45) is 0 Å². The first-order valence-electron chi connectivity index (χ1n) is 9.08. The number of rotatable bonds is 2. The number of carbonyl (C=O) groups excluding carboxylic acids is 1. The first-order valence-corrected chi connectivity index (χ1v) is 10.0. The van der Waals surface area contributed by atoms with Crippen molar-refractivity contribution in [1.29, 1.82) is 0 Å². The van der Waals surface area contributed by atoms with Gasteiger partial charge < -0.3 is 5.32 Å². The summed E-state index contributed by atoms with van der Waals surface area (Å²) in [6.45, 7) is 1.81. The first-order chi connectivity index (χ1) is 12.8. The van der Waals surface area contributed by atoms with E-state index < -0.39 is 0 Å². The molecule has 0 radical (unpaired) electrons. The Hall–Kier alpha value is -2.08. The number of thioether (sulfide) groups is 1. The topological polar surface area (TPSA) is 44.4 Å². The van der Waals surface area contributed by atoms with Crippen molar-refractivity contribution in [3.63, 3.8) is 0 Å². The normalized spacial score (nSPS) is 28.1. The number of nitrogens with zero attached hydrogens (tertiary/aromatic N) is 1. The molecule has 3 aliphatic rings. The van der Waals surface area contributed by atoms with E-state index in [0.29, 0.717) is 0 Å². The summed E-state index contributed by atoms with van der Waals surface area (Å²) in [7, 11) is 0. The molecule has 5 heteroatoms. The molecule has 3 aliphatic heterocycles. The van der Waals surface area contributed by atoms with Crippen molar-refractivity contribution in [3.05, 3.63) is 76.7 Å². The van der Waals surface area contributed by atoms with Crippen LogP contribution >= 0.6 is 11.8 Å². The zero-order chi connectivity index (χ0) is 17.5. The lowest BCUT2D eigenvalue weighted by atomic mass is 9.95. The maximum atomic E-state index is 12.7. The minimum atomic E-state index is -0.122. The molecule has 2 aromatic carbocycles. The van der Waals surface area contributed by atoms with Gasteiger partial charge in [-0.3, -0.25) is 15.0 Å². The highest BCUT2D eigenvalue weighted by molar-refractivity contribution is 8.04. The molecule has 132 valence electrons. The first kappa shape index (κ1) is 16.1. The number of nitrogens with one attached hydrogen (secondary N) is 2. The molecule has 1 fully saturated rings. The van der Waals surface area contributed by atoms with Crippen LogP contribution in [0.1, 0.15) is 16.7 Å². The molecule has 0 bridgehead atoms. The number of hydrogen-bond acceptors (Lipinski definition) is 4. The van der Waals surface area contributed by atoms with Gasteiger partial charge in [0, 0.05) is 13.1 Å². The van der Waals surface area contributed by atoms with Crippen LogP contribution in [0, 0.1) is 0 Å². The summed E-state index contributed by atoms with van der Waals surface area (Å²) < 4.78 is 0. The highest BCUT2D eigenvalue weighted by Crippen LogP contribution is 2.38. The Balaban J connectivity index is 1.38. The van der Waals surface area contributed by atoms with Crippen LogP contribution in [0.3, 0.4) is 0 Å². The summed E-state index contributed by atoms with van der Waals surface area (Å²) in [6, 6.07) is 19.0. The molecular formula is C21H21N3OS. The summed E-state index contributed by atoms with van der Waals surface area (Å²) in [4.78, 5) is 15.1. The molecule has 4 nitrogen and oxygen atoms in total. The third-order valence-corrected chi connectivity index (χ3v) is 6.66. The van der Waals surface area contributed by atoms with Gasteiger partial charge in [-0.2, -0.15) is 0 Å². The van der Waals surface area contributed by atoms with E-state index in [0.717, 1.165) is 19.5 Å². The molecule has 2 aromatic rings. The predicted molar refractivity (Wildman–Crippen MR) is 105 cm³/mol. The van der Waals surface area contributed by atoms with Crippen LogP contribution in [0.5, 0.6) is 0 Å². The van der Waals surface area contributed by atoms with Gasteiger partial charge >= 0.3 is 0 Å². The van der Waals surface area contributed by atoms with Crippen LogP contribution < -0.4 is 10.6 Å². The van der Waals surface area contributed by atoms with Gasteiger partial charge in [0.1, 0.15) is 11.5 Å². The van der Waals surface area contributed by atoms with Crippen LogP contribution in [-0.4, -0.2) is 34.9 Å². The zero-order valence-corrected chi connectivity index (χ0v) is 15.2. The maximum Gasteiger partial charge on any atom is 0.237 e.